The van der Waals surface area contributed by atoms with Gasteiger partial charge in [-0.3, -0.25) is 9.69 Å². The lowest BCUT2D eigenvalue weighted by Crippen LogP contribution is -2.53. The Balaban J connectivity index is 1.53. The third kappa shape index (κ3) is 5.40. The molecule has 4 nitrogen and oxygen atoms in total. The quantitative estimate of drug-likeness (QED) is 0.814. The summed E-state index contributed by atoms with van der Waals surface area (Å²) in [4.78, 5) is 16.0. The van der Waals surface area contributed by atoms with Crippen LogP contribution in [0.25, 0.3) is 0 Å². The van der Waals surface area contributed by atoms with Crippen molar-refractivity contribution in [1.82, 2.24) is 10.2 Å². The average molecular weight is 397 g/mol. The van der Waals surface area contributed by atoms with Crippen molar-refractivity contribution in [3.63, 3.8) is 0 Å². The molecular weight excluding hydrogens is 367 g/mol. The minimum atomic E-state index is -4.31. The Morgan fingerprint density at radius 1 is 1.11 bits per heavy atom. The van der Waals surface area contributed by atoms with Crippen LogP contribution in [0.3, 0.4) is 0 Å². The van der Waals surface area contributed by atoms with E-state index in [1.165, 1.54) is 18.6 Å². The normalized spacial score (nSPS) is 20.8. The topological polar surface area (TPSA) is 35.6 Å². The number of piperazine rings is 1. The summed E-state index contributed by atoms with van der Waals surface area (Å²) < 4.78 is 38.8. The second-order valence-electron chi connectivity index (χ2n) is 8.15. The summed E-state index contributed by atoms with van der Waals surface area (Å²) in [6.07, 6.45) is 2.25. The van der Waals surface area contributed by atoms with Gasteiger partial charge in [0.2, 0.25) is 5.91 Å². The van der Waals surface area contributed by atoms with Crippen LogP contribution in [-0.2, 0) is 11.0 Å². The Bertz CT molecular complexity index is 663. The molecule has 156 valence electrons. The van der Waals surface area contributed by atoms with Gasteiger partial charge in [0, 0.05) is 50.9 Å². The molecule has 1 amide bonds. The van der Waals surface area contributed by atoms with Crippen LogP contribution < -0.4 is 10.2 Å². The lowest BCUT2D eigenvalue weighted by Gasteiger charge is -2.41. The highest BCUT2D eigenvalue weighted by Crippen LogP contribution is 2.33. The summed E-state index contributed by atoms with van der Waals surface area (Å²) in [6.45, 7) is 5.59. The molecule has 2 fully saturated rings. The summed E-state index contributed by atoms with van der Waals surface area (Å²) in [6, 6.07) is 5.58. The molecular formula is C21H30F3N3O. The van der Waals surface area contributed by atoms with E-state index in [4.69, 9.17) is 0 Å². The van der Waals surface area contributed by atoms with Crippen molar-refractivity contribution < 1.29 is 18.0 Å². The van der Waals surface area contributed by atoms with Crippen LogP contribution in [-0.4, -0.2) is 49.1 Å². The number of nitrogens with zero attached hydrogens (tertiary/aromatic N) is 2. The first-order valence-corrected chi connectivity index (χ1v) is 10.2. The molecule has 2 aliphatic rings. The number of halogens is 3. The second-order valence-corrected chi connectivity index (χ2v) is 8.15. The predicted octanol–water partition coefficient (Wildman–Crippen LogP) is 4.06. The third-order valence-electron chi connectivity index (χ3n) is 6.07. The van der Waals surface area contributed by atoms with Crippen molar-refractivity contribution in [3.05, 3.63) is 29.8 Å². The Labute approximate surface area is 165 Å². The SMILES string of the molecule is CC(=O)NC1(CCN2CCN(c3cccc(C(F)(F)F)c3)CC2)CCCCC1. The van der Waals surface area contributed by atoms with E-state index in [0.29, 0.717) is 18.8 Å². The number of alkyl halides is 3. The summed E-state index contributed by atoms with van der Waals surface area (Å²) in [5.41, 5.74) is -0.0409. The molecule has 3 rings (SSSR count). The molecule has 0 aromatic heterocycles. The molecule has 1 saturated carbocycles. The number of amides is 1. The highest BCUT2D eigenvalue weighted by Gasteiger charge is 2.34. The van der Waals surface area contributed by atoms with Crippen molar-refractivity contribution in [2.75, 3.05) is 37.6 Å². The van der Waals surface area contributed by atoms with Gasteiger partial charge in [-0.1, -0.05) is 25.3 Å². The predicted molar refractivity (Wildman–Crippen MR) is 104 cm³/mol. The van der Waals surface area contributed by atoms with Crippen LogP contribution in [0.1, 0.15) is 51.0 Å². The van der Waals surface area contributed by atoms with Crippen molar-refractivity contribution >= 4 is 11.6 Å². The highest BCUT2D eigenvalue weighted by molar-refractivity contribution is 5.73. The summed E-state index contributed by atoms with van der Waals surface area (Å²) in [7, 11) is 0. The molecule has 1 aliphatic carbocycles. The maximum absolute atomic E-state index is 12.9. The van der Waals surface area contributed by atoms with Crippen LogP contribution in [0.4, 0.5) is 18.9 Å². The zero-order valence-corrected chi connectivity index (χ0v) is 16.5. The lowest BCUT2D eigenvalue weighted by molar-refractivity contribution is -0.137. The van der Waals surface area contributed by atoms with Gasteiger partial charge in [0.1, 0.15) is 0 Å². The Hall–Kier alpha value is -1.76. The minimum absolute atomic E-state index is 0.0382. The van der Waals surface area contributed by atoms with Crippen LogP contribution in [0.2, 0.25) is 0 Å². The van der Waals surface area contributed by atoms with Gasteiger partial charge in [-0.15, -0.1) is 0 Å². The van der Waals surface area contributed by atoms with Crippen molar-refractivity contribution in [2.45, 2.75) is 57.2 Å². The van der Waals surface area contributed by atoms with E-state index in [1.807, 2.05) is 4.90 Å². The molecule has 0 bridgehead atoms. The first-order chi connectivity index (χ1) is 13.3. The van der Waals surface area contributed by atoms with E-state index in [-0.39, 0.29) is 11.4 Å². The summed E-state index contributed by atoms with van der Waals surface area (Å²) in [5.74, 6) is 0.0382. The largest absolute Gasteiger partial charge is 0.416 e. The molecule has 1 saturated heterocycles. The minimum Gasteiger partial charge on any atom is -0.369 e. The fourth-order valence-corrected chi connectivity index (χ4v) is 4.52. The van der Waals surface area contributed by atoms with Gasteiger partial charge in [0.15, 0.2) is 0 Å². The lowest BCUT2D eigenvalue weighted by atomic mass is 9.79. The van der Waals surface area contributed by atoms with Gasteiger partial charge in [0.05, 0.1) is 5.56 Å². The monoisotopic (exact) mass is 397 g/mol. The van der Waals surface area contributed by atoms with E-state index in [1.54, 1.807) is 13.0 Å². The van der Waals surface area contributed by atoms with Crippen molar-refractivity contribution in [1.29, 1.82) is 0 Å². The molecule has 0 atom stereocenters. The molecule has 0 radical (unpaired) electrons. The maximum Gasteiger partial charge on any atom is 0.416 e. The molecule has 28 heavy (non-hydrogen) atoms. The van der Waals surface area contributed by atoms with E-state index < -0.39 is 11.7 Å². The van der Waals surface area contributed by atoms with E-state index >= 15 is 0 Å². The van der Waals surface area contributed by atoms with Gasteiger partial charge in [0.25, 0.3) is 0 Å². The zero-order chi connectivity index (χ0) is 20.2. The third-order valence-corrected chi connectivity index (χ3v) is 6.07. The number of anilines is 1. The van der Waals surface area contributed by atoms with Gasteiger partial charge < -0.3 is 10.2 Å². The number of hydrogen-bond donors (Lipinski definition) is 1. The first kappa shape index (κ1) is 21.0. The van der Waals surface area contributed by atoms with Gasteiger partial charge in [-0.2, -0.15) is 13.2 Å². The van der Waals surface area contributed by atoms with Crippen LogP contribution in [0.15, 0.2) is 24.3 Å². The molecule has 1 aliphatic heterocycles. The molecule has 1 heterocycles. The number of hydrogen-bond acceptors (Lipinski definition) is 3. The average Bonchev–Trinajstić information content (AvgIpc) is 2.66. The smallest absolute Gasteiger partial charge is 0.369 e. The molecule has 1 aromatic carbocycles. The van der Waals surface area contributed by atoms with Gasteiger partial charge >= 0.3 is 6.18 Å². The number of carbonyl (C=O) groups is 1. The maximum atomic E-state index is 12.9. The number of nitrogens with one attached hydrogen (secondary N) is 1. The standard InChI is InChI=1S/C21H30F3N3O/c1-17(28)25-20(8-3-2-4-9-20)10-11-26-12-14-27(15-13-26)19-7-5-6-18(16-19)21(22,23)24/h5-7,16H,2-4,8-15H2,1H3,(H,25,28). The number of benzene rings is 1. The molecule has 1 N–H and O–H groups in total. The van der Waals surface area contributed by atoms with E-state index in [9.17, 15) is 18.0 Å². The number of rotatable bonds is 5. The number of carbonyl (C=O) groups excluding carboxylic acids is 1. The van der Waals surface area contributed by atoms with Gasteiger partial charge in [-0.05, 0) is 37.5 Å². The highest BCUT2D eigenvalue weighted by atomic mass is 19.4. The van der Waals surface area contributed by atoms with Crippen molar-refractivity contribution in [2.24, 2.45) is 0 Å². The summed E-state index contributed by atoms with van der Waals surface area (Å²) >= 11 is 0. The Morgan fingerprint density at radius 2 is 1.79 bits per heavy atom. The first-order valence-electron chi connectivity index (χ1n) is 10.2. The molecule has 0 unspecified atom stereocenters. The van der Waals surface area contributed by atoms with E-state index in [2.05, 4.69) is 10.2 Å². The fraction of sp³-hybridized carbons (Fsp3) is 0.667. The molecule has 0 spiro atoms. The fourth-order valence-electron chi connectivity index (χ4n) is 4.52. The van der Waals surface area contributed by atoms with Gasteiger partial charge in [-0.25, -0.2) is 0 Å². The zero-order valence-electron chi connectivity index (χ0n) is 16.5. The molecule has 1 aromatic rings. The van der Waals surface area contributed by atoms with E-state index in [0.717, 1.165) is 57.8 Å². The molecule has 7 heteroatoms. The van der Waals surface area contributed by atoms with Crippen molar-refractivity contribution in [3.8, 4) is 0 Å². The Morgan fingerprint density at radius 3 is 2.39 bits per heavy atom. The van der Waals surface area contributed by atoms with Crippen LogP contribution in [0, 0.1) is 0 Å². The van der Waals surface area contributed by atoms with Crippen LogP contribution >= 0.6 is 0 Å². The Kier molecular flexibility index (Phi) is 6.53. The summed E-state index contributed by atoms with van der Waals surface area (Å²) in [5, 5.41) is 3.21. The van der Waals surface area contributed by atoms with Crippen LogP contribution in [0.5, 0.6) is 0 Å². The second kappa shape index (κ2) is 8.72.